The molecule has 1 heterocycles. The van der Waals surface area contributed by atoms with Crippen LogP contribution in [0.2, 0.25) is 0 Å². The fraction of sp³-hybridized carbons (Fsp3) is 0.667. The van der Waals surface area contributed by atoms with Gasteiger partial charge in [0, 0.05) is 18.9 Å². The molecule has 1 aliphatic heterocycles. The molecule has 2 atom stereocenters. The summed E-state index contributed by atoms with van der Waals surface area (Å²) in [6.07, 6.45) is 8.04. The number of hydrogen-bond donors (Lipinski definition) is 1. The smallest absolute Gasteiger partial charge is 0.119 e. The van der Waals surface area contributed by atoms with Gasteiger partial charge in [-0.1, -0.05) is 19.1 Å². The van der Waals surface area contributed by atoms with Gasteiger partial charge in [-0.2, -0.15) is 0 Å². The van der Waals surface area contributed by atoms with Crippen LogP contribution in [0.1, 0.15) is 51.0 Å². The maximum absolute atomic E-state index is 6.16. The first-order valence-electron chi connectivity index (χ1n) is 8.34. The predicted molar refractivity (Wildman–Crippen MR) is 84.6 cm³/mol. The Labute approximate surface area is 127 Å². The molecule has 3 rings (SSSR count). The Morgan fingerprint density at radius 3 is 2.71 bits per heavy atom. The van der Waals surface area contributed by atoms with Gasteiger partial charge in [-0.05, 0) is 49.8 Å². The number of hydrogen-bond acceptors (Lipinski definition) is 3. The summed E-state index contributed by atoms with van der Waals surface area (Å²) in [5, 5.41) is 0. The highest BCUT2D eigenvalue weighted by molar-refractivity contribution is 5.28. The lowest BCUT2D eigenvalue weighted by atomic mass is 9.74. The summed E-state index contributed by atoms with van der Waals surface area (Å²) in [5.74, 6) is 0.977. The highest BCUT2D eigenvalue weighted by atomic mass is 16.5. The quantitative estimate of drug-likeness (QED) is 0.903. The van der Waals surface area contributed by atoms with Crippen molar-refractivity contribution >= 4 is 0 Å². The van der Waals surface area contributed by atoms with Crippen molar-refractivity contribution in [3.63, 3.8) is 0 Å². The second kappa shape index (κ2) is 6.37. The lowest BCUT2D eigenvalue weighted by Crippen LogP contribution is -2.48. The number of rotatable bonds is 5. The third kappa shape index (κ3) is 3.58. The van der Waals surface area contributed by atoms with Crippen molar-refractivity contribution in [3.8, 4) is 5.75 Å². The van der Waals surface area contributed by atoms with E-state index in [-0.39, 0.29) is 11.6 Å². The number of nitrogens with two attached hydrogens (primary N) is 1. The summed E-state index contributed by atoms with van der Waals surface area (Å²) in [4.78, 5) is 0. The first kappa shape index (κ1) is 14.9. The second-order valence-corrected chi connectivity index (χ2v) is 6.63. The summed E-state index contributed by atoms with van der Waals surface area (Å²) in [7, 11) is 0. The van der Waals surface area contributed by atoms with Crippen molar-refractivity contribution in [1.82, 2.24) is 0 Å². The zero-order chi connectivity index (χ0) is 14.7. The minimum Gasteiger partial charge on any atom is -0.490 e. The minimum absolute atomic E-state index is 0.150. The van der Waals surface area contributed by atoms with Crippen molar-refractivity contribution in [2.24, 2.45) is 5.73 Å². The van der Waals surface area contributed by atoms with Gasteiger partial charge in [-0.25, -0.2) is 0 Å². The van der Waals surface area contributed by atoms with Gasteiger partial charge in [0.05, 0.1) is 12.2 Å². The van der Waals surface area contributed by atoms with Gasteiger partial charge < -0.3 is 15.2 Å². The highest BCUT2D eigenvalue weighted by Gasteiger charge is 2.43. The van der Waals surface area contributed by atoms with Gasteiger partial charge in [0.15, 0.2) is 0 Å². The van der Waals surface area contributed by atoms with Gasteiger partial charge in [0.2, 0.25) is 0 Å². The van der Waals surface area contributed by atoms with Crippen LogP contribution >= 0.6 is 0 Å². The summed E-state index contributed by atoms with van der Waals surface area (Å²) in [5.41, 5.74) is 7.44. The van der Waals surface area contributed by atoms with Gasteiger partial charge in [0.1, 0.15) is 11.9 Å². The van der Waals surface area contributed by atoms with E-state index >= 15 is 0 Å². The monoisotopic (exact) mass is 289 g/mol. The topological polar surface area (TPSA) is 44.5 Å². The van der Waals surface area contributed by atoms with Crippen LogP contribution in [0, 0.1) is 0 Å². The standard InChI is InChI=1S/C18H27NO2/c1-2-15(19)12-14-4-6-16(7-5-14)21-17-8-11-20-18(13-17)9-3-10-18/h4-7,15,17H,2-3,8-13,19H2,1H3. The molecule has 0 aromatic heterocycles. The first-order valence-corrected chi connectivity index (χ1v) is 8.34. The van der Waals surface area contributed by atoms with E-state index in [0.29, 0.717) is 6.10 Å². The Kier molecular flexibility index (Phi) is 4.51. The summed E-state index contributed by atoms with van der Waals surface area (Å²) in [6, 6.07) is 8.71. The van der Waals surface area contributed by atoms with E-state index in [1.54, 1.807) is 0 Å². The Balaban J connectivity index is 1.55. The molecule has 1 spiro atoms. The minimum atomic E-state index is 0.150. The van der Waals surface area contributed by atoms with Gasteiger partial charge in [-0.15, -0.1) is 0 Å². The van der Waals surface area contributed by atoms with E-state index in [9.17, 15) is 0 Å². The van der Waals surface area contributed by atoms with Crippen molar-refractivity contribution < 1.29 is 9.47 Å². The predicted octanol–water partition coefficient (Wildman–Crippen LogP) is 3.45. The molecule has 1 saturated heterocycles. The molecule has 0 radical (unpaired) electrons. The van der Waals surface area contributed by atoms with E-state index < -0.39 is 0 Å². The highest BCUT2D eigenvalue weighted by Crippen LogP contribution is 2.43. The van der Waals surface area contributed by atoms with Crippen molar-refractivity contribution in [2.75, 3.05) is 6.61 Å². The Hall–Kier alpha value is -1.06. The Morgan fingerprint density at radius 2 is 2.10 bits per heavy atom. The molecule has 3 nitrogen and oxygen atoms in total. The van der Waals surface area contributed by atoms with Gasteiger partial charge in [0.25, 0.3) is 0 Å². The van der Waals surface area contributed by atoms with Crippen LogP contribution in [-0.4, -0.2) is 24.4 Å². The molecule has 2 unspecified atom stereocenters. The maximum atomic E-state index is 6.16. The van der Waals surface area contributed by atoms with Crippen LogP contribution in [-0.2, 0) is 11.2 Å². The van der Waals surface area contributed by atoms with E-state index in [4.69, 9.17) is 15.2 Å². The number of ether oxygens (including phenoxy) is 2. The molecule has 0 amide bonds. The van der Waals surface area contributed by atoms with Crippen LogP contribution in [0.3, 0.4) is 0 Å². The molecule has 21 heavy (non-hydrogen) atoms. The second-order valence-electron chi connectivity index (χ2n) is 6.63. The zero-order valence-corrected chi connectivity index (χ0v) is 13.0. The number of benzene rings is 1. The SMILES string of the molecule is CCC(N)Cc1ccc(OC2CCOC3(CCC3)C2)cc1. The van der Waals surface area contributed by atoms with Crippen LogP contribution in [0.25, 0.3) is 0 Å². The van der Waals surface area contributed by atoms with E-state index in [2.05, 4.69) is 31.2 Å². The largest absolute Gasteiger partial charge is 0.490 e. The average molecular weight is 289 g/mol. The van der Waals surface area contributed by atoms with E-state index in [1.807, 2.05) is 0 Å². The Morgan fingerprint density at radius 1 is 1.33 bits per heavy atom. The lowest BCUT2D eigenvalue weighted by molar-refractivity contribution is -0.153. The van der Waals surface area contributed by atoms with Crippen molar-refractivity contribution in [1.29, 1.82) is 0 Å². The van der Waals surface area contributed by atoms with Crippen LogP contribution < -0.4 is 10.5 Å². The van der Waals surface area contributed by atoms with Crippen LogP contribution in [0.4, 0.5) is 0 Å². The normalized spacial score (nSPS) is 25.3. The van der Waals surface area contributed by atoms with E-state index in [0.717, 1.165) is 38.0 Å². The third-order valence-electron chi connectivity index (χ3n) is 4.96. The summed E-state index contributed by atoms with van der Waals surface area (Å²) in [6.45, 7) is 2.97. The first-order chi connectivity index (χ1) is 10.2. The fourth-order valence-corrected chi connectivity index (χ4v) is 3.35. The molecule has 2 N–H and O–H groups in total. The molecule has 2 fully saturated rings. The molecule has 1 aliphatic carbocycles. The molecular weight excluding hydrogens is 262 g/mol. The molecule has 3 heteroatoms. The summed E-state index contributed by atoms with van der Waals surface area (Å²) >= 11 is 0. The molecule has 1 aromatic rings. The molecule has 0 bridgehead atoms. The van der Waals surface area contributed by atoms with E-state index in [1.165, 1.54) is 24.8 Å². The molecular formula is C18H27NO2. The van der Waals surface area contributed by atoms with Crippen molar-refractivity contribution in [2.45, 2.75) is 69.6 Å². The Bertz CT molecular complexity index is 453. The van der Waals surface area contributed by atoms with Gasteiger partial charge in [-0.3, -0.25) is 0 Å². The third-order valence-corrected chi connectivity index (χ3v) is 4.96. The lowest BCUT2D eigenvalue weighted by Gasteiger charge is -2.46. The van der Waals surface area contributed by atoms with Crippen LogP contribution in [0.5, 0.6) is 5.75 Å². The maximum Gasteiger partial charge on any atom is 0.119 e. The van der Waals surface area contributed by atoms with Crippen molar-refractivity contribution in [3.05, 3.63) is 29.8 Å². The fourth-order valence-electron chi connectivity index (χ4n) is 3.35. The zero-order valence-electron chi connectivity index (χ0n) is 13.0. The molecule has 2 aliphatic rings. The molecule has 1 saturated carbocycles. The molecule has 1 aromatic carbocycles. The average Bonchev–Trinajstić information content (AvgIpc) is 2.48. The summed E-state index contributed by atoms with van der Waals surface area (Å²) < 4.78 is 12.1. The molecule has 116 valence electrons. The van der Waals surface area contributed by atoms with Gasteiger partial charge >= 0.3 is 0 Å². The van der Waals surface area contributed by atoms with Crippen LogP contribution in [0.15, 0.2) is 24.3 Å².